The lowest BCUT2D eigenvalue weighted by Crippen LogP contribution is -2.30. The van der Waals surface area contributed by atoms with Crippen molar-refractivity contribution in [2.75, 3.05) is 19.6 Å². The molecule has 0 amide bonds. The highest BCUT2D eigenvalue weighted by Gasteiger charge is 2.13. The van der Waals surface area contributed by atoms with E-state index in [4.69, 9.17) is 0 Å². The molecule has 0 radical (unpaired) electrons. The highest BCUT2D eigenvalue weighted by Crippen LogP contribution is 2.19. The van der Waals surface area contributed by atoms with Gasteiger partial charge in [0.15, 0.2) is 0 Å². The van der Waals surface area contributed by atoms with Crippen molar-refractivity contribution < 1.29 is 5.11 Å². The molecule has 1 atom stereocenters. The quantitative estimate of drug-likeness (QED) is 0.553. The molecular weight excluding hydrogens is 326 g/mol. The predicted octanol–water partition coefficient (Wildman–Crippen LogP) is 5.16. The summed E-state index contributed by atoms with van der Waals surface area (Å²) in [5.74, 6) is 0. The van der Waals surface area contributed by atoms with Gasteiger partial charge in [0.25, 0.3) is 0 Å². The number of nitrogens with zero attached hydrogens (tertiary/aromatic N) is 1. The minimum Gasteiger partial charge on any atom is -0.387 e. The summed E-state index contributed by atoms with van der Waals surface area (Å²) < 4.78 is 1.03. The third-order valence-corrected chi connectivity index (χ3v) is 4.31. The Bertz CT molecular complexity index is 373. The summed E-state index contributed by atoms with van der Waals surface area (Å²) in [7, 11) is 0. The lowest BCUT2D eigenvalue weighted by Gasteiger charge is -2.25. The van der Waals surface area contributed by atoms with E-state index < -0.39 is 6.10 Å². The van der Waals surface area contributed by atoms with Crippen LogP contribution in [0.3, 0.4) is 0 Å². The molecule has 0 fully saturated rings. The van der Waals surface area contributed by atoms with Gasteiger partial charge in [0.1, 0.15) is 0 Å². The predicted molar refractivity (Wildman–Crippen MR) is 94.6 cm³/mol. The van der Waals surface area contributed by atoms with Gasteiger partial charge in [0.05, 0.1) is 6.10 Å². The van der Waals surface area contributed by atoms with E-state index in [9.17, 15) is 5.11 Å². The van der Waals surface area contributed by atoms with E-state index in [1.54, 1.807) is 0 Å². The van der Waals surface area contributed by atoms with Gasteiger partial charge >= 0.3 is 0 Å². The number of benzene rings is 1. The second kappa shape index (κ2) is 11.2. The van der Waals surface area contributed by atoms with Gasteiger partial charge in [0.2, 0.25) is 0 Å². The van der Waals surface area contributed by atoms with E-state index in [1.165, 1.54) is 38.5 Å². The molecule has 0 aliphatic carbocycles. The molecule has 1 unspecified atom stereocenters. The number of halogens is 1. The van der Waals surface area contributed by atoms with Crippen LogP contribution in [-0.2, 0) is 0 Å². The van der Waals surface area contributed by atoms with Gasteiger partial charge < -0.3 is 10.0 Å². The molecule has 0 aliphatic rings. The maximum Gasteiger partial charge on any atom is 0.0917 e. The summed E-state index contributed by atoms with van der Waals surface area (Å²) in [5, 5.41) is 10.5. The molecule has 1 aromatic rings. The molecule has 0 bridgehead atoms. The zero-order valence-electron chi connectivity index (χ0n) is 13.5. The fourth-order valence-electron chi connectivity index (χ4n) is 2.53. The molecule has 0 spiro atoms. The van der Waals surface area contributed by atoms with E-state index >= 15 is 0 Å². The molecule has 120 valence electrons. The molecule has 1 rings (SSSR count). The maximum absolute atomic E-state index is 10.5. The second-order valence-electron chi connectivity index (χ2n) is 5.79. The molecule has 21 heavy (non-hydrogen) atoms. The minimum absolute atomic E-state index is 0.397. The summed E-state index contributed by atoms with van der Waals surface area (Å²) >= 11 is 3.47. The molecule has 0 aromatic heterocycles. The standard InChI is InChI=1S/C18H30BrNO/c1-3-5-7-12-20(13-8-6-4-2)15-18(21)16-10-9-11-17(19)14-16/h9-11,14,18,21H,3-8,12-13,15H2,1-2H3. The average Bonchev–Trinajstić information content (AvgIpc) is 2.47. The van der Waals surface area contributed by atoms with Crippen molar-refractivity contribution in [3.8, 4) is 0 Å². The van der Waals surface area contributed by atoms with Crippen molar-refractivity contribution in [1.29, 1.82) is 0 Å². The van der Waals surface area contributed by atoms with Crippen molar-refractivity contribution >= 4 is 15.9 Å². The second-order valence-corrected chi connectivity index (χ2v) is 6.70. The van der Waals surface area contributed by atoms with Crippen molar-refractivity contribution in [3.05, 3.63) is 34.3 Å². The Morgan fingerprint density at radius 1 is 1.05 bits per heavy atom. The van der Waals surface area contributed by atoms with Crippen LogP contribution in [0, 0.1) is 0 Å². The van der Waals surface area contributed by atoms with E-state index in [-0.39, 0.29) is 0 Å². The van der Waals surface area contributed by atoms with Crippen LogP contribution in [-0.4, -0.2) is 29.6 Å². The Morgan fingerprint density at radius 2 is 1.67 bits per heavy atom. The average molecular weight is 356 g/mol. The van der Waals surface area contributed by atoms with Crippen LogP contribution < -0.4 is 0 Å². The monoisotopic (exact) mass is 355 g/mol. The highest BCUT2D eigenvalue weighted by molar-refractivity contribution is 9.10. The van der Waals surface area contributed by atoms with Crippen LogP contribution in [0.2, 0.25) is 0 Å². The van der Waals surface area contributed by atoms with Gasteiger partial charge in [-0.25, -0.2) is 0 Å². The topological polar surface area (TPSA) is 23.5 Å². The van der Waals surface area contributed by atoms with Crippen LogP contribution in [0.25, 0.3) is 0 Å². The summed E-state index contributed by atoms with van der Waals surface area (Å²) in [6.45, 7) is 7.41. The minimum atomic E-state index is -0.397. The van der Waals surface area contributed by atoms with E-state index in [1.807, 2.05) is 24.3 Å². The Balaban J connectivity index is 2.52. The van der Waals surface area contributed by atoms with E-state index in [0.29, 0.717) is 0 Å². The molecule has 0 heterocycles. The molecule has 3 heteroatoms. The van der Waals surface area contributed by atoms with Gasteiger partial charge in [-0.05, 0) is 43.6 Å². The summed E-state index contributed by atoms with van der Waals surface area (Å²) in [6.07, 6.45) is 7.11. The molecule has 0 aliphatic heterocycles. The first kappa shape index (κ1) is 18.7. The number of unbranched alkanes of at least 4 members (excludes halogenated alkanes) is 4. The van der Waals surface area contributed by atoms with E-state index in [0.717, 1.165) is 29.7 Å². The number of hydrogen-bond acceptors (Lipinski definition) is 2. The first-order valence-electron chi connectivity index (χ1n) is 8.33. The van der Waals surface area contributed by atoms with Crippen LogP contribution in [0.5, 0.6) is 0 Å². The van der Waals surface area contributed by atoms with Crippen LogP contribution in [0.4, 0.5) is 0 Å². The van der Waals surface area contributed by atoms with Crippen molar-refractivity contribution in [1.82, 2.24) is 4.90 Å². The van der Waals surface area contributed by atoms with Crippen molar-refractivity contribution in [2.45, 2.75) is 58.5 Å². The Kier molecular flexibility index (Phi) is 9.98. The van der Waals surface area contributed by atoms with Gasteiger partial charge in [0, 0.05) is 11.0 Å². The molecule has 1 aromatic carbocycles. The third kappa shape index (κ3) is 7.98. The third-order valence-electron chi connectivity index (χ3n) is 3.82. The van der Waals surface area contributed by atoms with Crippen LogP contribution in [0.15, 0.2) is 28.7 Å². The Morgan fingerprint density at radius 3 is 2.19 bits per heavy atom. The first-order chi connectivity index (χ1) is 10.2. The number of aliphatic hydroxyl groups is 1. The van der Waals surface area contributed by atoms with Gasteiger partial charge in [-0.15, -0.1) is 0 Å². The van der Waals surface area contributed by atoms with Gasteiger partial charge in [-0.1, -0.05) is 67.6 Å². The number of hydrogen-bond donors (Lipinski definition) is 1. The first-order valence-corrected chi connectivity index (χ1v) is 9.12. The summed E-state index contributed by atoms with van der Waals surface area (Å²) in [6, 6.07) is 8.00. The number of rotatable bonds is 11. The lowest BCUT2D eigenvalue weighted by atomic mass is 10.1. The van der Waals surface area contributed by atoms with E-state index in [2.05, 4.69) is 34.7 Å². The zero-order chi connectivity index (χ0) is 15.5. The fourth-order valence-corrected chi connectivity index (χ4v) is 2.95. The Hall–Kier alpha value is -0.380. The number of aliphatic hydroxyl groups excluding tert-OH is 1. The summed E-state index contributed by atoms with van der Waals surface area (Å²) in [5.41, 5.74) is 1.00. The molecular formula is C18H30BrNO. The highest BCUT2D eigenvalue weighted by atomic mass is 79.9. The molecule has 0 saturated carbocycles. The maximum atomic E-state index is 10.5. The van der Waals surface area contributed by atoms with Gasteiger partial charge in [-0.3, -0.25) is 0 Å². The fraction of sp³-hybridized carbons (Fsp3) is 0.667. The van der Waals surface area contributed by atoms with Gasteiger partial charge in [-0.2, -0.15) is 0 Å². The molecule has 0 saturated heterocycles. The van der Waals surface area contributed by atoms with Crippen molar-refractivity contribution in [3.63, 3.8) is 0 Å². The molecule has 1 N–H and O–H groups in total. The zero-order valence-corrected chi connectivity index (χ0v) is 15.1. The normalized spacial score (nSPS) is 12.8. The largest absolute Gasteiger partial charge is 0.387 e. The molecule has 2 nitrogen and oxygen atoms in total. The Labute approximate surface area is 138 Å². The SMILES string of the molecule is CCCCCN(CCCCC)CC(O)c1cccc(Br)c1. The summed E-state index contributed by atoms with van der Waals surface area (Å²) in [4.78, 5) is 2.43. The van der Waals surface area contributed by atoms with Crippen LogP contribution in [0.1, 0.15) is 64.0 Å². The van der Waals surface area contributed by atoms with Crippen molar-refractivity contribution in [2.24, 2.45) is 0 Å². The smallest absolute Gasteiger partial charge is 0.0917 e. The lowest BCUT2D eigenvalue weighted by molar-refractivity contribution is 0.110. The van der Waals surface area contributed by atoms with Crippen LogP contribution >= 0.6 is 15.9 Å².